The average Bonchev–Trinajstić information content (AvgIpc) is 2.60. The molecule has 0 aromatic carbocycles. The van der Waals surface area contributed by atoms with Crippen molar-refractivity contribution in [3.63, 3.8) is 0 Å². The van der Waals surface area contributed by atoms with E-state index in [9.17, 15) is 14.0 Å². The van der Waals surface area contributed by atoms with Gasteiger partial charge >= 0.3 is 0 Å². The van der Waals surface area contributed by atoms with Crippen LogP contribution in [0.1, 0.15) is 19.0 Å². The number of amides is 2. The lowest BCUT2D eigenvalue weighted by Crippen LogP contribution is -2.32. The normalized spacial score (nSPS) is 19.5. The molecule has 2 heterocycles. The molecular weight excluding hydrogens is 239 g/mol. The monoisotopic (exact) mass is 252 g/mol. The predicted octanol–water partition coefficient (Wildman–Crippen LogP) is 0.347. The molecule has 6 nitrogen and oxygen atoms in total. The first-order valence-electron chi connectivity index (χ1n) is 5.61. The first-order valence-corrected chi connectivity index (χ1v) is 5.61. The minimum absolute atomic E-state index is 0.0141. The van der Waals surface area contributed by atoms with Gasteiger partial charge in [0.25, 0.3) is 5.91 Å². The average molecular weight is 252 g/mol. The number of aryl methyl sites for hydroxylation is 1. The number of imide groups is 1. The van der Waals surface area contributed by atoms with Gasteiger partial charge in [0.05, 0.1) is 12.1 Å². The molecule has 7 heteroatoms. The van der Waals surface area contributed by atoms with Crippen molar-refractivity contribution in [3.05, 3.63) is 17.8 Å². The SMILES string of the molecule is CCc1ncnc(NC2CC(=O)N(C)C2=O)c1F. The number of hydrogen-bond acceptors (Lipinski definition) is 5. The van der Waals surface area contributed by atoms with Crippen LogP contribution in [0.15, 0.2) is 6.33 Å². The largest absolute Gasteiger partial charge is 0.355 e. The van der Waals surface area contributed by atoms with Crippen molar-refractivity contribution < 1.29 is 14.0 Å². The molecule has 0 aliphatic carbocycles. The molecule has 0 spiro atoms. The second-order valence-electron chi connectivity index (χ2n) is 4.03. The van der Waals surface area contributed by atoms with E-state index in [4.69, 9.17) is 0 Å². The van der Waals surface area contributed by atoms with E-state index in [1.807, 2.05) is 0 Å². The molecule has 1 saturated heterocycles. The van der Waals surface area contributed by atoms with Crippen molar-refractivity contribution in [3.8, 4) is 0 Å². The van der Waals surface area contributed by atoms with Crippen molar-refractivity contribution in [1.29, 1.82) is 0 Å². The zero-order valence-corrected chi connectivity index (χ0v) is 10.1. The number of hydrogen-bond donors (Lipinski definition) is 1. The smallest absolute Gasteiger partial charge is 0.251 e. The zero-order valence-electron chi connectivity index (χ0n) is 10.1. The lowest BCUT2D eigenvalue weighted by Gasteiger charge is -2.12. The Morgan fingerprint density at radius 2 is 2.22 bits per heavy atom. The Labute approximate surface area is 103 Å². The van der Waals surface area contributed by atoms with Gasteiger partial charge in [-0.05, 0) is 6.42 Å². The zero-order chi connectivity index (χ0) is 13.3. The van der Waals surface area contributed by atoms with Gasteiger partial charge in [-0.25, -0.2) is 14.4 Å². The highest BCUT2D eigenvalue weighted by atomic mass is 19.1. The molecule has 1 atom stereocenters. The van der Waals surface area contributed by atoms with Gasteiger partial charge in [0.2, 0.25) is 5.91 Å². The number of likely N-dealkylation sites (tertiary alicyclic amines) is 1. The van der Waals surface area contributed by atoms with Crippen molar-refractivity contribution in [1.82, 2.24) is 14.9 Å². The van der Waals surface area contributed by atoms with Gasteiger partial charge in [0.1, 0.15) is 12.4 Å². The summed E-state index contributed by atoms with van der Waals surface area (Å²) in [6.45, 7) is 1.77. The molecule has 1 fully saturated rings. The second-order valence-corrected chi connectivity index (χ2v) is 4.03. The third kappa shape index (κ3) is 2.03. The van der Waals surface area contributed by atoms with Crippen molar-refractivity contribution in [2.24, 2.45) is 0 Å². The summed E-state index contributed by atoms with van der Waals surface area (Å²) < 4.78 is 13.9. The van der Waals surface area contributed by atoms with Crippen LogP contribution in [0.3, 0.4) is 0 Å². The third-order valence-electron chi connectivity index (χ3n) is 2.89. The van der Waals surface area contributed by atoms with Crippen LogP contribution < -0.4 is 5.32 Å². The fourth-order valence-corrected chi connectivity index (χ4v) is 1.79. The van der Waals surface area contributed by atoms with Crippen LogP contribution in [0.5, 0.6) is 0 Å². The molecular formula is C11H13FN4O2. The standard InChI is InChI=1S/C11H13FN4O2/c1-3-6-9(12)10(14-5-13-6)15-7-4-8(17)16(2)11(7)18/h5,7H,3-4H2,1-2H3,(H,13,14,15). The minimum Gasteiger partial charge on any atom is -0.355 e. The Hall–Kier alpha value is -2.05. The van der Waals surface area contributed by atoms with Crippen molar-refractivity contribution >= 4 is 17.6 Å². The molecule has 0 radical (unpaired) electrons. The van der Waals surface area contributed by atoms with Gasteiger partial charge in [0, 0.05) is 7.05 Å². The van der Waals surface area contributed by atoms with Gasteiger partial charge in [-0.2, -0.15) is 0 Å². The fraction of sp³-hybridized carbons (Fsp3) is 0.455. The van der Waals surface area contributed by atoms with E-state index in [-0.39, 0.29) is 29.7 Å². The van der Waals surface area contributed by atoms with E-state index in [1.54, 1.807) is 6.92 Å². The Balaban J connectivity index is 2.20. The van der Waals surface area contributed by atoms with E-state index in [0.29, 0.717) is 6.42 Å². The maximum Gasteiger partial charge on any atom is 0.251 e. The molecule has 2 amide bonds. The summed E-state index contributed by atoms with van der Waals surface area (Å²) in [5, 5.41) is 2.66. The first kappa shape index (κ1) is 12.4. The molecule has 18 heavy (non-hydrogen) atoms. The van der Waals surface area contributed by atoms with Crippen LogP contribution >= 0.6 is 0 Å². The number of halogens is 1. The number of aromatic nitrogens is 2. The molecule has 1 aromatic rings. The summed E-state index contributed by atoms with van der Waals surface area (Å²) in [5.74, 6) is -1.28. The highest BCUT2D eigenvalue weighted by Crippen LogP contribution is 2.19. The summed E-state index contributed by atoms with van der Waals surface area (Å²) in [6.07, 6.45) is 1.68. The number of anilines is 1. The predicted molar refractivity (Wildman–Crippen MR) is 61.2 cm³/mol. The molecule has 2 rings (SSSR count). The number of rotatable bonds is 3. The van der Waals surface area contributed by atoms with Gasteiger partial charge < -0.3 is 5.32 Å². The molecule has 96 valence electrons. The Morgan fingerprint density at radius 1 is 1.50 bits per heavy atom. The van der Waals surface area contributed by atoms with E-state index in [0.717, 1.165) is 4.90 Å². The summed E-state index contributed by atoms with van der Waals surface area (Å²) >= 11 is 0. The summed E-state index contributed by atoms with van der Waals surface area (Å²) in [7, 11) is 1.40. The van der Waals surface area contributed by atoms with Crippen molar-refractivity contribution in [2.45, 2.75) is 25.8 Å². The van der Waals surface area contributed by atoms with E-state index < -0.39 is 11.9 Å². The molecule has 1 unspecified atom stereocenters. The van der Waals surface area contributed by atoms with Crippen LogP contribution in [-0.2, 0) is 16.0 Å². The maximum absolute atomic E-state index is 13.9. The Kier molecular flexibility index (Phi) is 3.22. The van der Waals surface area contributed by atoms with Gasteiger partial charge in [0.15, 0.2) is 11.6 Å². The van der Waals surface area contributed by atoms with Crippen LogP contribution in [-0.4, -0.2) is 39.8 Å². The van der Waals surface area contributed by atoms with Crippen LogP contribution in [0.25, 0.3) is 0 Å². The molecule has 1 aromatic heterocycles. The van der Waals surface area contributed by atoms with E-state index in [2.05, 4.69) is 15.3 Å². The van der Waals surface area contributed by atoms with Crippen LogP contribution in [0.4, 0.5) is 10.2 Å². The Bertz CT molecular complexity index is 506. The highest BCUT2D eigenvalue weighted by molar-refractivity contribution is 6.06. The molecule has 0 bridgehead atoms. The minimum atomic E-state index is -0.753. The van der Waals surface area contributed by atoms with Crippen LogP contribution in [0, 0.1) is 5.82 Å². The summed E-state index contributed by atoms with van der Waals surface area (Å²) in [5.41, 5.74) is 0.276. The first-order chi connectivity index (χ1) is 8.54. The van der Waals surface area contributed by atoms with Crippen molar-refractivity contribution in [2.75, 3.05) is 12.4 Å². The van der Waals surface area contributed by atoms with Crippen LogP contribution in [0.2, 0.25) is 0 Å². The van der Waals surface area contributed by atoms with E-state index >= 15 is 0 Å². The lowest BCUT2D eigenvalue weighted by molar-refractivity contribution is -0.136. The van der Waals surface area contributed by atoms with Gasteiger partial charge in [-0.15, -0.1) is 0 Å². The van der Waals surface area contributed by atoms with Gasteiger partial charge in [-0.1, -0.05) is 6.92 Å². The van der Waals surface area contributed by atoms with Gasteiger partial charge in [-0.3, -0.25) is 14.5 Å². The highest BCUT2D eigenvalue weighted by Gasteiger charge is 2.36. The number of nitrogens with zero attached hydrogens (tertiary/aromatic N) is 3. The number of carbonyl (C=O) groups is 2. The topological polar surface area (TPSA) is 75.2 Å². The maximum atomic E-state index is 13.9. The number of likely N-dealkylation sites (N-methyl/N-ethyl adjacent to an activating group) is 1. The summed E-state index contributed by atoms with van der Waals surface area (Å²) in [4.78, 5) is 31.6. The van der Waals surface area contributed by atoms with E-state index in [1.165, 1.54) is 13.4 Å². The fourth-order valence-electron chi connectivity index (χ4n) is 1.79. The lowest BCUT2D eigenvalue weighted by atomic mass is 10.2. The molecule has 1 aliphatic heterocycles. The number of carbonyl (C=O) groups excluding carboxylic acids is 2. The Morgan fingerprint density at radius 3 is 2.78 bits per heavy atom. The molecule has 1 aliphatic rings. The third-order valence-corrected chi connectivity index (χ3v) is 2.89. The second kappa shape index (κ2) is 4.67. The molecule has 1 N–H and O–H groups in total. The molecule has 0 saturated carbocycles. The number of nitrogens with one attached hydrogen (secondary N) is 1. The quantitative estimate of drug-likeness (QED) is 0.785. The summed E-state index contributed by atoms with van der Waals surface area (Å²) in [6, 6.07) is -0.753.